The van der Waals surface area contributed by atoms with Crippen molar-refractivity contribution < 1.29 is 37.4 Å². The van der Waals surface area contributed by atoms with Gasteiger partial charge in [-0.3, -0.25) is 4.57 Å². The largest absolute Gasteiger partial charge is 0.493 e. The van der Waals surface area contributed by atoms with Crippen LogP contribution in [0.5, 0.6) is 5.75 Å². The molecule has 0 spiro atoms. The number of allylic oxidation sites excluding steroid dienone is 1. The first-order chi connectivity index (χ1) is 18.4. The molecule has 0 bridgehead atoms. The van der Waals surface area contributed by atoms with Crippen LogP contribution in [0.3, 0.4) is 0 Å². The maximum atomic E-state index is 12.7. The summed E-state index contributed by atoms with van der Waals surface area (Å²) in [5.74, 6) is 0.294. The quantitative estimate of drug-likeness (QED) is 0.103. The first-order valence-corrected chi connectivity index (χ1v) is 19.2. The van der Waals surface area contributed by atoms with Gasteiger partial charge in [-0.25, -0.2) is 9.59 Å². The number of hydrogen-bond donors (Lipinski definition) is 1. The Morgan fingerprint density at radius 1 is 1.13 bits per heavy atom. The molecule has 9 nitrogen and oxygen atoms in total. The van der Waals surface area contributed by atoms with Gasteiger partial charge in [-0.1, -0.05) is 32.6 Å². The Labute approximate surface area is 234 Å². The van der Waals surface area contributed by atoms with Crippen LogP contribution in [0.1, 0.15) is 60.3 Å². The molecule has 0 unspecified atom stereocenters. The molecule has 0 saturated carbocycles. The summed E-state index contributed by atoms with van der Waals surface area (Å²) in [6.07, 6.45) is 2.79. The molecule has 0 radical (unpaired) electrons. The van der Waals surface area contributed by atoms with E-state index in [1.54, 1.807) is 13.8 Å². The van der Waals surface area contributed by atoms with Crippen molar-refractivity contribution >= 4 is 27.7 Å². The molecule has 2 rings (SSSR count). The van der Waals surface area contributed by atoms with E-state index in [0.717, 1.165) is 40.3 Å². The molecule has 1 aromatic carbocycles. The molecule has 1 aromatic rings. The van der Waals surface area contributed by atoms with E-state index in [1.165, 1.54) is 0 Å². The van der Waals surface area contributed by atoms with Gasteiger partial charge in [0.15, 0.2) is 0 Å². The van der Waals surface area contributed by atoms with Crippen molar-refractivity contribution in [2.75, 3.05) is 39.1 Å². The topological polar surface area (TPSA) is 109 Å². The highest BCUT2D eigenvalue weighted by molar-refractivity contribution is 7.53. The average Bonchev–Trinajstić information content (AvgIpc) is 3.24. The van der Waals surface area contributed by atoms with E-state index in [-0.39, 0.29) is 45.1 Å². The third kappa shape index (κ3) is 9.78. The Morgan fingerprint density at radius 2 is 1.79 bits per heavy atom. The molecular formula is C28H46NO8PSi. The number of alkyl carbamates (subject to hydrolysis) is 1. The van der Waals surface area contributed by atoms with Crippen LogP contribution in [0.25, 0.3) is 0 Å². The zero-order chi connectivity index (χ0) is 29.2. The van der Waals surface area contributed by atoms with Gasteiger partial charge in [-0.05, 0) is 63.3 Å². The van der Waals surface area contributed by atoms with Crippen molar-refractivity contribution in [1.29, 1.82) is 0 Å². The fourth-order valence-electron chi connectivity index (χ4n) is 4.36. The number of nitrogens with one attached hydrogen (secondary N) is 1. The zero-order valence-electron chi connectivity index (χ0n) is 24.9. The molecule has 11 heteroatoms. The third-order valence-electron chi connectivity index (χ3n) is 6.47. The van der Waals surface area contributed by atoms with Crippen molar-refractivity contribution in [3.05, 3.63) is 39.5 Å². The first kappa shape index (κ1) is 33.1. The van der Waals surface area contributed by atoms with Gasteiger partial charge in [-0.15, -0.1) is 0 Å². The Bertz CT molecular complexity index is 1090. The van der Waals surface area contributed by atoms with Crippen LogP contribution in [-0.4, -0.2) is 59.3 Å². The molecule has 1 aliphatic rings. The molecule has 0 fully saturated rings. The van der Waals surface area contributed by atoms with Crippen LogP contribution in [0, 0.1) is 6.92 Å². The first-order valence-electron chi connectivity index (χ1n) is 13.8. The Kier molecular flexibility index (Phi) is 12.7. The van der Waals surface area contributed by atoms with Gasteiger partial charge in [0.25, 0.3) is 0 Å². The van der Waals surface area contributed by atoms with Gasteiger partial charge < -0.3 is 28.6 Å². The van der Waals surface area contributed by atoms with E-state index >= 15 is 0 Å². The van der Waals surface area contributed by atoms with Crippen LogP contribution >= 0.6 is 7.60 Å². The molecule has 220 valence electrons. The van der Waals surface area contributed by atoms with Crippen molar-refractivity contribution in [2.24, 2.45) is 0 Å². The van der Waals surface area contributed by atoms with Crippen molar-refractivity contribution in [3.8, 4) is 5.75 Å². The van der Waals surface area contributed by atoms with E-state index in [2.05, 4.69) is 31.9 Å². The van der Waals surface area contributed by atoms with Crippen molar-refractivity contribution in [2.45, 2.75) is 79.8 Å². The van der Waals surface area contributed by atoms with Gasteiger partial charge in [-0.2, -0.15) is 0 Å². The Balaban J connectivity index is 2.11. The number of rotatable bonds is 16. The lowest BCUT2D eigenvalue weighted by molar-refractivity contribution is 0.0532. The minimum atomic E-state index is -3.23. The molecule has 0 aromatic heterocycles. The minimum Gasteiger partial charge on any atom is -0.493 e. The second-order valence-corrected chi connectivity index (χ2v) is 18.6. The van der Waals surface area contributed by atoms with Crippen molar-refractivity contribution in [3.63, 3.8) is 0 Å². The number of amides is 1. The summed E-state index contributed by atoms with van der Waals surface area (Å²) in [7, 11) is -4.56. The number of hydrogen-bond acceptors (Lipinski definition) is 8. The van der Waals surface area contributed by atoms with Crippen LogP contribution in [0.4, 0.5) is 4.79 Å². The summed E-state index contributed by atoms with van der Waals surface area (Å²) in [5.41, 5.74) is 5.54. The third-order valence-corrected chi connectivity index (χ3v) is 10.2. The van der Waals surface area contributed by atoms with Crippen LogP contribution in [-0.2, 0) is 42.5 Å². The highest BCUT2D eigenvalue weighted by Crippen LogP contribution is 2.47. The van der Waals surface area contributed by atoms with Crippen LogP contribution < -0.4 is 10.1 Å². The molecule has 1 aliphatic heterocycles. The highest BCUT2D eigenvalue weighted by atomic mass is 31.2. The number of cyclic esters (lactones) is 1. The standard InChI is InChI=1S/C28H46NO8PSi/c1-9-22-21(5)24-19-34-27(30)25(24)26(33-15-17-39(6,7)8)23(22)13-12-20(4)18-35-28(31)29-14-16-38(32,36-10-2)37-11-3/h12H,9-11,13-19H2,1-8H3,(H,29,31)/b20-12+. The molecule has 0 atom stereocenters. The Morgan fingerprint density at radius 3 is 2.38 bits per heavy atom. The predicted molar refractivity (Wildman–Crippen MR) is 156 cm³/mol. The molecule has 39 heavy (non-hydrogen) atoms. The summed E-state index contributed by atoms with van der Waals surface area (Å²) in [6, 6.07) is 0.980. The van der Waals surface area contributed by atoms with E-state index in [4.69, 9.17) is 23.3 Å². The normalized spacial score (nSPS) is 13.7. The second-order valence-electron chi connectivity index (χ2n) is 10.8. The number of fused-ring (bicyclic) bond motifs is 1. The molecule has 0 aliphatic carbocycles. The van der Waals surface area contributed by atoms with E-state index in [1.807, 2.05) is 19.9 Å². The second kappa shape index (κ2) is 15.0. The van der Waals surface area contributed by atoms with E-state index in [9.17, 15) is 14.2 Å². The van der Waals surface area contributed by atoms with Gasteiger partial charge in [0.1, 0.15) is 24.5 Å². The lowest BCUT2D eigenvalue weighted by Crippen LogP contribution is -2.28. The smallest absolute Gasteiger partial charge is 0.407 e. The van der Waals surface area contributed by atoms with Crippen LogP contribution in [0.2, 0.25) is 25.7 Å². The van der Waals surface area contributed by atoms with Gasteiger partial charge in [0.2, 0.25) is 0 Å². The summed E-state index contributed by atoms with van der Waals surface area (Å²) < 4.78 is 40.0. The van der Waals surface area contributed by atoms with E-state index in [0.29, 0.717) is 24.3 Å². The molecule has 1 heterocycles. The number of benzene rings is 1. The minimum absolute atomic E-state index is 0.0684. The molecular weight excluding hydrogens is 537 g/mol. The van der Waals surface area contributed by atoms with Crippen molar-refractivity contribution in [1.82, 2.24) is 5.32 Å². The SMILES string of the molecule is CCOP(=O)(CCNC(=O)OC/C(C)=C/Cc1c(CC)c(C)c2c(c1OCC[Si](C)(C)C)C(=O)OC2)OCC. The van der Waals surface area contributed by atoms with Gasteiger partial charge >= 0.3 is 19.7 Å². The predicted octanol–water partition coefficient (Wildman–Crippen LogP) is 6.43. The number of esters is 1. The fraction of sp³-hybridized carbons (Fsp3) is 0.643. The van der Waals surface area contributed by atoms with Gasteiger partial charge in [0, 0.05) is 25.7 Å². The summed E-state index contributed by atoms with van der Waals surface area (Å²) >= 11 is 0. The molecule has 1 amide bonds. The monoisotopic (exact) mass is 583 g/mol. The average molecular weight is 584 g/mol. The number of carbonyl (C=O) groups excluding carboxylic acids is 2. The van der Waals surface area contributed by atoms with Crippen LogP contribution in [0.15, 0.2) is 11.6 Å². The van der Waals surface area contributed by atoms with E-state index < -0.39 is 21.8 Å². The highest BCUT2D eigenvalue weighted by Gasteiger charge is 2.32. The summed E-state index contributed by atoms with van der Waals surface area (Å²) in [4.78, 5) is 24.9. The molecule has 0 saturated heterocycles. The summed E-state index contributed by atoms with van der Waals surface area (Å²) in [6.45, 7) is 18.0. The summed E-state index contributed by atoms with van der Waals surface area (Å²) in [5, 5.41) is 2.60. The zero-order valence-corrected chi connectivity index (χ0v) is 26.8. The fourth-order valence-corrected chi connectivity index (χ4v) is 6.58. The Hall–Kier alpha value is -2.13. The number of carbonyl (C=O) groups is 2. The maximum Gasteiger partial charge on any atom is 0.407 e. The lowest BCUT2D eigenvalue weighted by Gasteiger charge is -2.22. The maximum absolute atomic E-state index is 12.7. The number of ether oxygens (including phenoxy) is 3. The lowest BCUT2D eigenvalue weighted by atomic mass is 9.89. The van der Waals surface area contributed by atoms with Gasteiger partial charge in [0.05, 0.1) is 26.0 Å². The molecule has 1 N–H and O–H groups in total.